The van der Waals surface area contributed by atoms with Gasteiger partial charge in [-0.25, -0.2) is 9.78 Å². The molecule has 6 heteroatoms. The third-order valence-corrected chi connectivity index (χ3v) is 3.88. The van der Waals surface area contributed by atoms with Gasteiger partial charge in [0.1, 0.15) is 5.82 Å². The minimum absolute atomic E-state index is 0.116. The van der Waals surface area contributed by atoms with Crippen LogP contribution in [0.15, 0.2) is 12.3 Å². The molecule has 1 aromatic rings. The molecule has 2 atom stereocenters. The van der Waals surface area contributed by atoms with Crippen molar-refractivity contribution in [1.29, 1.82) is 0 Å². The van der Waals surface area contributed by atoms with E-state index < -0.39 is 5.97 Å². The molecule has 1 fully saturated rings. The Morgan fingerprint density at radius 2 is 2.21 bits per heavy atom. The van der Waals surface area contributed by atoms with Crippen LogP contribution in [0.2, 0.25) is 5.02 Å². The lowest BCUT2D eigenvalue weighted by molar-refractivity contribution is 0.0696. The van der Waals surface area contributed by atoms with E-state index in [4.69, 9.17) is 16.7 Å². The number of carboxylic acids is 1. The largest absolute Gasteiger partial charge is 0.478 e. The number of hydrogen-bond acceptors (Lipinski definition) is 4. The van der Waals surface area contributed by atoms with E-state index in [2.05, 4.69) is 35.8 Å². The number of halogens is 1. The number of likely N-dealkylation sites (N-methyl/N-ethyl adjacent to an activating group) is 1. The summed E-state index contributed by atoms with van der Waals surface area (Å²) >= 11 is 6.15. The average molecular weight is 284 g/mol. The summed E-state index contributed by atoms with van der Waals surface area (Å²) in [5.41, 5.74) is 0.116. The van der Waals surface area contributed by atoms with Gasteiger partial charge in [-0.05, 0) is 26.1 Å². The van der Waals surface area contributed by atoms with Crippen LogP contribution < -0.4 is 4.90 Å². The smallest absolute Gasteiger partial charge is 0.337 e. The molecule has 0 saturated carbocycles. The predicted molar refractivity (Wildman–Crippen MR) is 75.1 cm³/mol. The number of aromatic nitrogens is 1. The van der Waals surface area contributed by atoms with E-state index in [-0.39, 0.29) is 5.56 Å². The molecule has 1 N–H and O–H groups in total. The van der Waals surface area contributed by atoms with Gasteiger partial charge >= 0.3 is 5.97 Å². The lowest BCUT2D eigenvalue weighted by Crippen LogP contribution is -2.34. The van der Waals surface area contributed by atoms with Crippen molar-refractivity contribution in [3.63, 3.8) is 0 Å². The number of rotatable bonds is 3. The van der Waals surface area contributed by atoms with Crippen molar-refractivity contribution >= 4 is 23.4 Å². The highest BCUT2D eigenvalue weighted by Gasteiger charge is 2.32. The molecular formula is C13H18ClN3O2. The van der Waals surface area contributed by atoms with E-state index in [1.807, 2.05) is 0 Å². The summed E-state index contributed by atoms with van der Waals surface area (Å²) in [5, 5.41) is 9.30. The third kappa shape index (κ3) is 2.82. The van der Waals surface area contributed by atoms with E-state index in [0.29, 0.717) is 22.8 Å². The van der Waals surface area contributed by atoms with Crippen molar-refractivity contribution < 1.29 is 9.90 Å². The van der Waals surface area contributed by atoms with Crippen LogP contribution in [-0.2, 0) is 0 Å². The lowest BCUT2D eigenvalue weighted by Gasteiger charge is -2.23. The van der Waals surface area contributed by atoms with Crippen LogP contribution in [0.4, 0.5) is 5.82 Å². The lowest BCUT2D eigenvalue weighted by atomic mass is 10.1. The Labute approximate surface area is 117 Å². The highest BCUT2D eigenvalue weighted by Crippen LogP contribution is 2.30. The van der Waals surface area contributed by atoms with Crippen molar-refractivity contribution in [2.75, 3.05) is 32.1 Å². The second kappa shape index (κ2) is 5.35. The molecule has 1 aromatic heterocycles. The maximum atomic E-state index is 10.9. The van der Waals surface area contributed by atoms with Gasteiger partial charge in [0.05, 0.1) is 10.6 Å². The fourth-order valence-corrected chi connectivity index (χ4v) is 2.86. The van der Waals surface area contributed by atoms with Gasteiger partial charge in [0.25, 0.3) is 0 Å². The number of carboxylic acid groups (broad SMARTS) is 1. The Hall–Kier alpha value is -1.33. The fraction of sp³-hybridized carbons (Fsp3) is 0.538. The fourth-order valence-electron chi connectivity index (χ4n) is 2.58. The van der Waals surface area contributed by atoms with E-state index in [9.17, 15) is 4.79 Å². The van der Waals surface area contributed by atoms with Crippen LogP contribution in [0.3, 0.4) is 0 Å². The van der Waals surface area contributed by atoms with Gasteiger partial charge in [-0.15, -0.1) is 0 Å². The molecule has 5 nitrogen and oxygen atoms in total. The first kappa shape index (κ1) is 14.1. The molecule has 0 aromatic carbocycles. The number of anilines is 1. The molecule has 0 amide bonds. The van der Waals surface area contributed by atoms with Gasteiger partial charge in [-0.1, -0.05) is 18.5 Å². The van der Waals surface area contributed by atoms with Gasteiger partial charge in [0.15, 0.2) is 0 Å². The number of nitrogens with zero attached hydrogens (tertiary/aromatic N) is 3. The van der Waals surface area contributed by atoms with Gasteiger partial charge in [-0.2, -0.15) is 0 Å². The molecule has 19 heavy (non-hydrogen) atoms. The summed E-state index contributed by atoms with van der Waals surface area (Å²) in [4.78, 5) is 19.4. The van der Waals surface area contributed by atoms with Crippen LogP contribution >= 0.6 is 11.6 Å². The third-order valence-electron chi connectivity index (χ3n) is 3.60. The first-order valence-electron chi connectivity index (χ1n) is 6.20. The molecule has 0 spiro atoms. The Morgan fingerprint density at radius 1 is 1.53 bits per heavy atom. The molecule has 1 aliphatic rings. The van der Waals surface area contributed by atoms with Crippen molar-refractivity contribution in [3.8, 4) is 0 Å². The van der Waals surface area contributed by atoms with Crippen LogP contribution in [0.5, 0.6) is 0 Å². The van der Waals surface area contributed by atoms with Crippen molar-refractivity contribution in [3.05, 3.63) is 22.8 Å². The van der Waals surface area contributed by atoms with Crippen LogP contribution in [0, 0.1) is 5.92 Å². The number of hydrogen-bond donors (Lipinski definition) is 1. The maximum Gasteiger partial charge on any atom is 0.337 e. The Morgan fingerprint density at radius 3 is 2.68 bits per heavy atom. The molecule has 0 radical (unpaired) electrons. The Bertz CT molecular complexity index is 493. The van der Waals surface area contributed by atoms with Crippen molar-refractivity contribution in [1.82, 2.24) is 9.88 Å². The summed E-state index contributed by atoms with van der Waals surface area (Å²) in [6.07, 6.45) is 1.36. The Kier molecular flexibility index (Phi) is 3.96. The number of pyridine rings is 1. The molecule has 2 heterocycles. The minimum atomic E-state index is -1.01. The second-order valence-electron chi connectivity index (χ2n) is 5.25. The average Bonchev–Trinajstić information content (AvgIpc) is 2.71. The van der Waals surface area contributed by atoms with Gasteiger partial charge in [-0.3, -0.25) is 0 Å². The summed E-state index contributed by atoms with van der Waals surface area (Å²) in [5.74, 6) is 0.178. The first-order valence-corrected chi connectivity index (χ1v) is 6.58. The van der Waals surface area contributed by atoms with Crippen LogP contribution in [-0.4, -0.2) is 54.2 Å². The highest BCUT2D eigenvalue weighted by molar-refractivity contribution is 6.33. The van der Waals surface area contributed by atoms with Gasteiger partial charge in [0.2, 0.25) is 0 Å². The zero-order chi connectivity index (χ0) is 14.2. The molecular weight excluding hydrogens is 266 g/mol. The SMILES string of the molecule is CC1CN(c2ncc(C(=O)O)cc2Cl)CC1N(C)C. The van der Waals surface area contributed by atoms with Crippen molar-refractivity contribution in [2.45, 2.75) is 13.0 Å². The van der Waals surface area contributed by atoms with E-state index in [0.717, 1.165) is 13.1 Å². The Balaban J connectivity index is 2.22. The molecule has 0 aliphatic carbocycles. The molecule has 1 aliphatic heterocycles. The standard InChI is InChI=1S/C13H18ClN3O2/c1-8-6-17(7-11(8)16(2)3)12-10(14)4-9(5-15-12)13(18)19/h4-5,8,11H,6-7H2,1-3H3,(H,18,19). The van der Waals surface area contributed by atoms with Crippen LogP contribution in [0.1, 0.15) is 17.3 Å². The molecule has 1 saturated heterocycles. The topological polar surface area (TPSA) is 56.7 Å². The summed E-state index contributed by atoms with van der Waals surface area (Å²) in [7, 11) is 4.13. The second-order valence-corrected chi connectivity index (χ2v) is 5.66. The normalized spacial score (nSPS) is 23.1. The predicted octanol–water partition coefficient (Wildman–Crippen LogP) is 1.82. The van der Waals surface area contributed by atoms with Crippen LogP contribution in [0.25, 0.3) is 0 Å². The van der Waals surface area contributed by atoms with Gasteiger partial charge < -0.3 is 14.9 Å². The first-order chi connectivity index (χ1) is 8.90. The molecule has 0 bridgehead atoms. The molecule has 104 valence electrons. The number of aromatic carboxylic acids is 1. The molecule has 2 rings (SSSR count). The zero-order valence-corrected chi connectivity index (χ0v) is 12.1. The highest BCUT2D eigenvalue weighted by atomic mass is 35.5. The van der Waals surface area contributed by atoms with Gasteiger partial charge in [0, 0.05) is 25.3 Å². The summed E-state index contributed by atoms with van der Waals surface area (Å²) in [6.45, 7) is 3.93. The van der Waals surface area contributed by atoms with E-state index in [1.165, 1.54) is 12.3 Å². The van der Waals surface area contributed by atoms with E-state index >= 15 is 0 Å². The number of carbonyl (C=O) groups is 1. The monoisotopic (exact) mass is 283 g/mol. The summed E-state index contributed by atoms with van der Waals surface area (Å²) < 4.78 is 0. The van der Waals surface area contributed by atoms with Crippen molar-refractivity contribution in [2.24, 2.45) is 5.92 Å². The maximum absolute atomic E-state index is 10.9. The molecule has 2 unspecified atom stereocenters. The quantitative estimate of drug-likeness (QED) is 0.917. The summed E-state index contributed by atoms with van der Waals surface area (Å²) in [6, 6.07) is 1.91. The van der Waals surface area contributed by atoms with E-state index in [1.54, 1.807) is 0 Å². The zero-order valence-electron chi connectivity index (χ0n) is 11.3. The minimum Gasteiger partial charge on any atom is -0.478 e.